The van der Waals surface area contributed by atoms with Crippen LogP contribution in [-0.4, -0.2) is 33.1 Å². The van der Waals surface area contributed by atoms with Crippen LogP contribution in [0.5, 0.6) is 17.2 Å². The van der Waals surface area contributed by atoms with E-state index in [1.807, 2.05) is 0 Å². The zero-order valence-electron chi connectivity index (χ0n) is 14.8. The van der Waals surface area contributed by atoms with E-state index in [9.17, 15) is 4.79 Å². The Hall–Kier alpha value is -3.48. The third kappa shape index (κ3) is 5.01. The fourth-order valence-corrected chi connectivity index (χ4v) is 2.06. The molecule has 7 nitrogen and oxygen atoms in total. The minimum Gasteiger partial charge on any atom is -0.497 e. The molecule has 0 spiro atoms. The molecule has 0 fully saturated rings. The largest absolute Gasteiger partial charge is 0.497 e. The average molecular weight is 356 g/mol. The third-order valence-electron chi connectivity index (χ3n) is 3.44. The van der Waals surface area contributed by atoms with Gasteiger partial charge in [0.2, 0.25) is 0 Å². The SMILES string of the molecule is COc1ccc(C(N)=NOC(=O)C=Cc2ccc(OC)c(OC)c2)cc1. The number of nitrogens with two attached hydrogens (primary N) is 1. The number of methoxy groups -OCH3 is 3. The van der Waals surface area contributed by atoms with E-state index < -0.39 is 5.97 Å². The van der Waals surface area contributed by atoms with Crippen molar-refractivity contribution in [1.82, 2.24) is 0 Å². The minimum absolute atomic E-state index is 0.0838. The molecule has 0 aliphatic rings. The van der Waals surface area contributed by atoms with E-state index in [0.29, 0.717) is 22.8 Å². The van der Waals surface area contributed by atoms with Gasteiger partial charge in [-0.3, -0.25) is 0 Å². The Kier molecular flexibility index (Phi) is 6.61. The highest BCUT2D eigenvalue weighted by molar-refractivity contribution is 5.98. The lowest BCUT2D eigenvalue weighted by molar-refractivity contribution is -0.137. The van der Waals surface area contributed by atoms with Gasteiger partial charge in [0.25, 0.3) is 0 Å². The lowest BCUT2D eigenvalue weighted by Gasteiger charge is -2.07. The number of carbonyl (C=O) groups is 1. The van der Waals surface area contributed by atoms with Crippen LogP contribution in [0.3, 0.4) is 0 Å². The topological polar surface area (TPSA) is 92.4 Å². The van der Waals surface area contributed by atoms with Crippen LogP contribution < -0.4 is 19.9 Å². The quantitative estimate of drug-likeness (QED) is 0.269. The molecule has 2 rings (SSSR count). The summed E-state index contributed by atoms with van der Waals surface area (Å²) in [5.41, 5.74) is 7.15. The Morgan fingerprint density at radius 2 is 1.65 bits per heavy atom. The highest BCUT2D eigenvalue weighted by Crippen LogP contribution is 2.27. The monoisotopic (exact) mass is 356 g/mol. The van der Waals surface area contributed by atoms with E-state index in [1.54, 1.807) is 62.8 Å². The van der Waals surface area contributed by atoms with Gasteiger partial charge in [-0.1, -0.05) is 11.2 Å². The molecule has 0 saturated carbocycles. The van der Waals surface area contributed by atoms with Gasteiger partial charge in [-0.05, 0) is 48.0 Å². The van der Waals surface area contributed by atoms with Crippen molar-refractivity contribution in [2.45, 2.75) is 0 Å². The van der Waals surface area contributed by atoms with E-state index in [0.717, 1.165) is 5.56 Å². The Labute approximate surface area is 151 Å². The maximum Gasteiger partial charge on any atom is 0.358 e. The molecule has 2 aromatic carbocycles. The van der Waals surface area contributed by atoms with Gasteiger partial charge in [-0.25, -0.2) is 4.79 Å². The zero-order valence-corrected chi connectivity index (χ0v) is 14.8. The molecule has 0 unspecified atom stereocenters. The van der Waals surface area contributed by atoms with E-state index in [1.165, 1.54) is 13.2 Å². The number of benzene rings is 2. The maximum absolute atomic E-state index is 11.8. The van der Waals surface area contributed by atoms with Gasteiger partial charge >= 0.3 is 5.97 Å². The predicted octanol–water partition coefficient (Wildman–Crippen LogP) is 2.59. The van der Waals surface area contributed by atoms with Crippen molar-refractivity contribution < 1.29 is 23.8 Å². The van der Waals surface area contributed by atoms with Gasteiger partial charge < -0.3 is 24.8 Å². The number of hydrogen-bond acceptors (Lipinski definition) is 6. The number of amidine groups is 1. The standard InChI is InChI=1S/C19H20N2O5/c1-23-15-8-6-14(7-9-15)19(20)21-26-18(22)11-5-13-4-10-16(24-2)17(12-13)25-3/h4-12H,1-3H3,(H2,20,21). The summed E-state index contributed by atoms with van der Waals surface area (Å²) in [6, 6.07) is 12.1. The second kappa shape index (κ2) is 9.12. The molecule has 0 bridgehead atoms. The first-order valence-corrected chi connectivity index (χ1v) is 7.66. The van der Waals surface area contributed by atoms with Crippen LogP contribution in [0.25, 0.3) is 6.08 Å². The summed E-state index contributed by atoms with van der Waals surface area (Å²) in [5.74, 6) is 1.28. The molecule has 2 N–H and O–H groups in total. The van der Waals surface area contributed by atoms with E-state index in [2.05, 4.69) is 5.16 Å². The Bertz CT molecular complexity index is 813. The molecule has 0 aromatic heterocycles. The normalized spacial score (nSPS) is 11.3. The lowest BCUT2D eigenvalue weighted by Crippen LogP contribution is -2.14. The lowest BCUT2D eigenvalue weighted by atomic mass is 10.2. The smallest absolute Gasteiger partial charge is 0.358 e. The van der Waals surface area contributed by atoms with Crippen LogP contribution in [0.4, 0.5) is 0 Å². The number of ether oxygens (including phenoxy) is 3. The summed E-state index contributed by atoms with van der Waals surface area (Å²) >= 11 is 0. The van der Waals surface area contributed by atoms with E-state index in [4.69, 9.17) is 24.8 Å². The highest BCUT2D eigenvalue weighted by Gasteiger charge is 2.04. The van der Waals surface area contributed by atoms with Crippen LogP contribution in [0, 0.1) is 0 Å². The third-order valence-corrected chi connectivity index (χ3v) is 3.44. The summed E-state index contributed by atoms with van der Waals surface area (Å²) in [4.78, 5) is 16.6. The highest BCUT2D eigenvalue weighted by atomic mass is 16.7. The van der Waals surface area contributed by atoms with Crippen molar-refractivity contribution in [3.8, 4) is 17.2 Å². The van der Waals surface area contributed by atoms with Crippen molar-refractivity contribution in [1.29, 1.82) is 0 Å². The van der Waals surface area contributed by atoms with E-state index >= 15 is 0 Å². The molecule has 136 valence electrons. The summed E-state index contributed by atoms with van der Waals surface area (Å²) in [5, 5.41) is 3.63. The van der Waals surface area contributed by atoms with Gasteiger partial charge in [0.05, 0.1) is 21.3 Å². The van der Waals surface area contributed by atoms with Crippen LogP contribution in [0.2, 0.25) is 0 Å². The molecule has 0 radical (unpaired) electrons. The van der Waals surface area contributed by atoms with Crippen LogP contribution >= 0.6 is 0 Å². The van der Waals surface area contributed by atoms with Gasteiger partial charge in [0, 0.05) is 11.6 Å². The van der Waals surface area contributed by atoms with Crippen molar-refractivity contribution in [2.75, 3.05) is 21.3 Å². The molecular formula is C19H20N2O5. The molecule has 0 heterocycles. The van der Waals surface area contributed by atoms with Gasteiger partial charge in [-0.2, -0.15) is 0 Å². The molecule has 0 aliphatic heterocycles. The molecule has 26 heavy (non-hydrogen) atoms. The zero-order chi connectivity index (χ0) is 18.9. The molecule has 2 aromatic rings. The Morgan fingerprint density at radius 1 is 0.962 bits per heavy atom. The Morgan fingerprint density at radius 3 is 2.27 bits per heavy atom. The first kappa shape index (κ1) is 18.9. The number of carbonyl (C=O) groups excluding carboxylic acids is 1. The molecule has 0 saturated heterocycles. The number of nitrogens with zero attached hydrogens (tertiary/aromatic N) is 1. The second-order valence-corrected chi connectivity index (χ2v) is 5.06. The second-order valence-electron chi connectivity index (χ2n) is 5.06. The first-order chi connectivity index (χ1) is 12.6. The summed E-state index contributed by atoms with van der Waals surface area (Å²) < 4.78 is 15.4. The summed E-state index contributed by atoms with van der Waals surface area (Å²) in [7, 11) is 4.66. The predicted molar refractivity (Wildman–Crippen MR) is 98.4 cm³/mol. The Balaban J connectivity index is 2.00. The van der Waals surface area contributed by atoms with Crippen molar-refractivity contribution in [3.05, 3.63) is 59.7 Å². The van der Waals surface area contributed by atoms with Crippen LogP contribution in [0.15, 0.2) is 53.7 Å². The molecular weight excluding hydrogens is 336 g/mol. The molecule has 0 aliphatic carbocycles. The van der Waals surface area contributed by atoms with E-state index in [-0.39, 0.29) is 5.84 Å². The van der Waals surface area contributed by atoms with Crippen molar-refractivity contribution >= 4 is 17.9 Å². The first-order valence-electron chi connectivity index (χ1n) is 7.66. The fourth-order valence-electron chi connectivity index (χ4n) is 2.06. The molecule has 0 amide bonds. The maximum atomic E-state index is 11.8. The average Bonchev–Trinajstić information content (AvgIpc) is 2.70. The minimum atomic E-state index is -0.656. The molecule has 0 atom stereocenters. The van der Waals surface area contributed by atoms with Crippen LogP contribution in [-0.2, 0) is 9.63 Å². The number of oxime groups is 1. The number of rotatable bonds is 7. The van der Waals surface area contributed by atoms with Crippen molar-refractivity contribution in [3.63, 3.8) is 0 Å². The van der Waals surface area contributed by atoms with Gasteiger partial charge in [0.1, 0.15) is 5.75 Å². The molecule has 7 heteroatoms. The van der Waals surface area contributed by atoms with Crippen LogP contribution in [0.1, 0.15) is 11.1 Å². The summed E-state index contributed by atoms with van der Waals surface area (Å²) in [6.45, 7) is 0. The fraction of sp³-hybridized carbons (Fsp3) is 0.158. The van der Waals surface area contributed by atoms with Gasteiger partial charge in [-0.15, -0.1) is 0 Å². The number of hydrogen-bond donors (Lipinski definition) is 1. The van der Waals surface area contributed by atoms with Gasteiger partial charge in [0.15, 0.2) is 17.3 Å². The van der Waals surface area contributed by atoms with Crippen molar-refractivity contribution in [2.24, 2.45) is 10.9 Å². The summed E-state index contributed by atoms with van der Waals surface area (Å²) in [6.07, 6.45) is 2.81.